The van der Waals surface area contributed by atoms with Crippen molar-refractivity contribution in [2.24, 2.45) is 11.3 Å². The zero-order valence-electron chi connectivity index (χ0n) is 32.4. The van der Waals surface area contributed by atoms with E-state index in [9.17, 15) is 37.1 Å². The summed E-state index contributed by atoms with van der Waals surface area (Å²) in [6.07, 6.45) is -0.266. The number of pyridine rings is 1. The average Bonchev–Trinajstić information content (AvgIpc) is 3.45. The van der Waals surface area contributed by atoms with E-state index in [1.54, 1.807) is 41.4 Å². The largest absolute Gasteiger partial charge is 0.489 e. The fourth-order valence-corrected chi connectivity index (χ4v) is 8.94. The molecule has 1 unspecified atom stereocenters. The Morgan fingerprint density at radius 3 is 2.27 bits per heavy atom. The Bertz CT molecular complexity index is 2220. The van der Waals surface area contributed by atoms with Crippen LogP contribution in [0.25, 0.3) is 0 Å². The molecule has 1 atom stereocenters. The van der Waals surface area contributed by atoms with Crippen molar-refractivity contribution in [2.75, 3.05) is 60.9 Å². The van der Waals surface area contributed by atoms with E-state index in [1.165, 1.54) is 12.1 Å². The Labute approximate surface area is 338 Å². The van der Waals surface area contributed by atoms with E-state index in [0.29, 0.717) is 43.2 Å². The summed E-state index contributed by atoms with van der Waals surface area (Å²) in [6.45, 7) is 7.21. The minimum Gasteiger partial charge on any atom is -0.489 e. The van der Waals surface area contributed by atoms with Gasteiger partial charge in [-0.15, -0.1) is 0 Å². The van der Waals surface area contributed by atoms with Gasteiger partial charge in [0.2, 0.25) is 17.7 Å². The number of aromatic nitrogens is 1. The highest BCUT2D eigenvalue weighted by atomic mass is 19.4. The molecule has 17 heteroatoms. The minimum atomic E-state index is -4.64. The summed E-state index contributed by atoms with van der Waals surface area (Å²) in [5.41, 5.74) is 0.389. The molecule has 5 aliphatic rings. The first-order chi connectivity index (χ1) is 28.2. The number of benzene rings is 2. The SMILES string of the molecule is CC1(CN2CCC(Oc3ccc(NC(=O)C4CCN(c5ccc(C#N)c(C(F)(F)F)c5)CC4)nc3)CC2)CN(c2ccc3c(c2)C(=O)N(C2CCC(=O)NC2=O)C3=O)C1. The van der Waals surface area contributed by atoms with E-state index in [4.69, 9.17) is 10.00 Å². The van der Waals surface area contributed by atoms with E-state index in [-0.39, 0.29) is 47.3 Å². The fraction of sp³-hybridized carbons (Fsp3) is 0.452. The van der Waals surface area contributed by atoms with Crippen LogP contribution in [0.3, 0.4) is 0 Å². The third kappa shape index (κ3) is 8.18. The molecular weight excluding hydrogens is 770 g/mol. The van der Waals surface area contributed by atoms with Gasteiger partial charge in [-0.3, -0.25) is 34.2 Å². The first-order valence-corrected chi connectivity index (χ1v) is 19.8. The van der Waals surface area contributed by atoms with Gasteiger partial charge in [0.25, 0.3) is 11.8 Å². The van der Waals surface area contributed by atoms with Crippen LogP contribution in [0, 0.1) is 22.7 Å². The number of piperidine rings is 3. The van der Waals surface area contributed by atoms with E-state index < -0.39 is 47.0 Å². The fourth-order valence-electron chi connectivity index (χ4n) is 8.94. The molecule has 2 aromatic carbocycles. The van der Waals surface area contributed by atoms with E-state index in [0.717, 1.165) is 62.2 Å². The van der Waals surface area contributed by atoms with Gasteiger partial charge in [-0.25, -0.2) is 4.98 Å². The number of amides is 5. The zero-order valence-corrected chi connectivity index (χ0v) is 32.4. The monoisotopic (exact) mass is 812 g/mol. The second-order valence-corrected chi connectivity index (χ2v) is 16.4. The summed E-state index contributed by atoms with van der Waals surface area (Å²) in [5.74, 6) is -1.61. The van der Waals surface area contributed by atoms with Gasteiger partial charge in [0.1, 0.15) is 23.7 Å². The Kier molecular flexibility index (Phi) is 10.5. The number of carbonyl (C=O) groups is 5. The second kappa shape index (κ2) is 15.6. The predicted molar refractivity (Wildman–Crippen MR) is 207 cm³/mol. The summed E-state index contributed by atoms with van der Waals surface area (Å²) in [7, 11) is 0. The van der Waals surface area contributed by atoms with Gasteiger partial charge >= 0.3 is 6.18 Å². The molecule has 308 valence electrons. The standard InChI is InChI=1S/C42H43F3N8O6/c1-41(23-52(24-41)27-4-6-31-32(18-27)40(58)53(39(31)57)34-7-9-36(54)49-38(34)56)22-50-14-12-29(13-15-50)59-30-5-8-35(47-21-30)48-37(55)25-10-16-51(17-11-25)28-3-2-26(20-46)33(19-28)42(43,44)45/h2-6,8,18-19,21,25,29,34H,7,9-17,22-24H2,1H3,(H,47,48,55)(H,49,54,56). The maximum absolute atomic E-state index is 13.5. The van der Waals surface area contributed by atoms with Crippen LogP contribution in [-0.2, 0) is 20.6 Å². The normalized spacial score (nSPS) is 21.5. The van der Waals surface area contributed by atoms with Crippen molar-refractivity contribution in [1.29, 1.82) is 5.26 Å². The van der Waals surface area contributed by atoms with Gasteiger partial charge in [0, 0.05) is 74.9 Å². The summed E-state index contributed by atoms with van der Waals surface area (Å²) in [5, 5.41) is 14.2. The molecule has 0 spiro atoms. The molecule has 4 fully saturated rings. The molecule has 14 nitrogen and oxygen atoms in total. The molecule has 3 aromatic rings. The summed E-state index contributed by atoms with van der Waals surface area (Å²) < 4.78 is 46.6. The second-order valence-electron chi connectivity index (χ2n) is 16.4. The van der Waals surface area contributed by atoms with E-state index >= 15 is 0 Å². The van der Waals surface area contributed by atoms with Crippen LogP contribution in [0.2, 0.25) is 0 Å². The summed E-state index contributed by atoms with van der Waals surface area (Å²) in [4.78, 5) is 75.2. The van der Waals surface area contributed by atoms with E-state index in [2.05, 4.69) is 32.3 Å². The average molecular weight is 813 g/mol. The Balaban J connectivity index is 0.761. The van der Waals surface area contributed by atoms with Crippen molar-refractivity contribution in [3.8, 4) is 11.8 Å². The molecule has 4 saturated heterocycles. The Morgan fingerprint density at radius 2 is 1.61 bits per heavy atom. The molecule has 2 N–H and O–H groups in total. The number of nitrogens with zero attached hydrogens (tertiary/aromatic N) is 6. The van der Waals surface area contributed by atoms with Gasteiger partial charge in [-0.05, 0) is 80.6 Å². The van der Waals surface area contributed by atoms with Gasteiger partial charge in [-0.1, -0.05) is 6.92 Å². The lowest BCUT2D eigenvalue weighted by Gasteiger charge is -2.52. The van der Waals surface area contributed by atoms with Gasteiger partial charge in [0.05, 0.1) is 34.5 Å². The van der Waals surface area contributed by atoms with Gasteiger partial charge in [-0.2, -0.15) is 18.4 Å². The van der Waals surface area contributed by atoms with Crippen molar-refractivity contribution >= 4 is 46.7 Å². The van der Waals surface area contributed by atoms with Crippen LogP contribution in [0.15, 0.2) is 54.7 Å². The number of carbonyl (C=O) groups excluding carboxylic acids is 5. The number of hydrogen-bond acceptors (Lipinski definition) is 11. The van der Waals surface area contributed by atoms with Gasteiger partial charge < -0.3 is 24.8 Å². The van der Waals surface area contributed by atoms with Crippen LogP contribution in [0.1, 0.15) is 77.3 Å². The predicted octanol–water partition coefficient (Wildman–Crippen LogP) is 4.60. The van der Waals surface area contributed by atoms with Crippen molar-refractivity contribution in [3.05, 3.63) is 77.0 Å². The number of nitrogens with one attached hydrogen (secondary N) is 2. The number of nitriles is 1. The number of halogens is 3. The van der Waals surface area contributed by atoms with Gasteiger partial charge in [0.15, 0.2) is 0 Å². The topological polar surface area (TPSA) is 168 Å². The molecular formula is C42H43F3N8O6. The van der Waals surface area contributed by atoms with Crippen LogP contribution in [0.5, 0.6) is 5.75 Å². The number of imide groups is 2. The molecule has 8 rings (SSSR count). The van der Waals surface area contributed by atoms with Crippen LogP contribution in [-0.4, -0.2) is 102 Å². The highest BCUT2D eigenvalue weighted by Crippen LogP contribution is 2.39. The smallest absolute Gasteiger partial charge is 0.417 e. The number of fused-ring (bicyclic) bond motifs is 1. The molecule has 0 radical (unpaired) electrons. The maximum atomic E-state index is 13.5. The first-order valence-electron chi connectivity index (χ1n) is 19.8. The molecule has 59 heavy (non-hydrogen) atoms. The lowest BCUT2D eigenvalue weighted by Crippen LogP contribution is -2.60. The number of likely N-dealkylation sites (tertiary alicyclic amines) is 1. The van der Waals surface area contributed by atoms with Crippen molar-refractivity contribution in [1.82, 2.24) is 20.1 Å². The first kappa shape index (κ1) is 39.8. The third-order valence-corrected chi connectivity index (χ3v) is 12.0. The van der Waals surface area contributed by atoms with Crippen molar-refractivity contribution in [3.63, 3.8) is 0 Å². The number of rotatable bonds is 9. The molecule has 0 bridgehead atoms. The molecule has 0 saturated carbocycles. The van der Waals surface area contributed by atoms with Crippen molar-refractivity contribution in [2.45, 2.75) is 63.8 Å². The molecule has 6 heterocycles. The van der Waals surface area contributed by atoms with E-state index in [1.807, 2.05) is 6.07 Å². The Morgan fingerprint density at radius 1 is 0.915 bits per heavy atom. The highest BCUT2D eigenvalue weighted by Gasteiger charge is 2.46. The highest BCUT2D eigenvalue weighted by molar-refractivity contribution is 6.23. The lowest BCUT2D eigenvalue weighted by atomic mass is 9.80. The van der Waals surface area contributed by atoms with Crippen LogP contribution < -0.4 is 25.2 Å². The molecule has 0 aliphatic carbocycles. The van der Waals surface area contributed by atoms with Crippen LogP contribution >= 0.6 is 0 Å². The third-order valence-electron chi connectivity index (χ3n) is 12.0. The molecule has 1 aromatic heterocycles. The van der Waals surface area contributed by atoms with Crippen molar-refractivity contribution < 1.29 is 41.9 Å². The number of alkyl halides is 3. The molecule has 5 amide bonds. The lowest BCUT2D eigenvalue weighted by molar-refractivity contribution is -0.138. The number of ether oxygens (including phenoxy) is 1. The van der Waals surface area contributed by atoms with Crippen LogP contribution in [0.4, 0.5) is 30.4 Å². The zero-order chi connectivity index (χ0) is 41.6. The minimum absolute atomic E-state index is 0.0130. The maximum Gasteiger partial charge on any atom is 0.417 e. The summed E-state index contributed by atoms with van der Waals surface area (Å²) in [6, 6.07) is 13.0. The molecule has 5 aliphatic heterocycles. The quantitative estimate of drug-likeness (QED) is 0.290. The summed E-state index contributed by atoms with van der Waals surface area (Å²) >= 11 is 0. The number of hydrogen-bond donors (Lipinski definition) is 2. The number of anilines is 3. The Hall–Kier alpha value is -6.02.